The van der Waals surface area contributed by atoms with Gasteiger partial charge in [-0.15, -0.1) is 0 Å². The number of halogens is 3. The predicted octanol–water partition coefficient (Wildman–Crippen LogP) is 8.88. The van der Waals surface area contributed by atoms with Crippen molar-refractivity contribution >= 4 is 19.4 Å². The van der Waals surface area contributed by atoms with Gasteiger partial charge in [0.05, 0.1) is 0 Å². The van der Waals surface area contributed by atoms with E-state index in [1.165, 1.54) is 5.57 Å². The van der Waals surface area contributed by atoms with Gasteiger partial charge in [-0.25, -0.2) is 0 Å². The van der Waals surface area contributed by atoms with E-state index >= 15 is 0 Å². The minimum atomic E-state index is -4.38. The number of carbonyl (C=O) groups excluding carboxylic acids is 3. The number of benzene rings is 2. The molecule has 0 heterocycles. The van der Waals surface area contributed by atoms with E-state index < -0.39 is 6.18 Å². The average Bonchev–Trinajstić information content (AvgIpc) is 3.85. The summed E-state index contributed by atoms with van der Waals surface area (Å²) in [6.07, 6.45) is 14.4. The molecule has 232 valence electrons. The molecule has 2 unspecified atom stereocenters. The van der Waals surface area contributed by atoms with Crippen LogP contribution in [-0.2, 0) is 33.6 Å². The highest BCUT2D eigenvalue weighted by Crippen LogP contribution is 2.33. The van der Waals surface area contributed by atoms with Crippen molar-refractivity contribution in [2.45, 2.75) is 70.9 Å². The fraction of sp³-hybridized carbons (Fsp3) is 0.351. The standard InChI is InChI=1S/C35H35F3O.2CH2O.3H2/c1-2-3-12-32-24-30(25-34(39)33(23-29-13-14-29)22-26-8-5-4-6-9-26)16-18-31(32)17-15-27-10-7-11-28(21-27)19-20-35(36,37)38;2*1-2;;;/h4-5,7,10-11,13-14,16,18,20-21,24,26,33H,2,6,8-9,15,17,22-23,25H2,1H3;2*1H2;3*1H. The van der Waals surface area contributed by atoms with Crippen molar-refractivity contribution in [3.8, 4) is 11.8 Å². The molecule has 43 heavy (non-hydrogen) atoms. The second-order valence-corrected chi connectivity index (χ2v) is 10.5. The van der Waals surface area contributed by atoms with E-state index in [4.69, 9.17) is 9.59 Å². The molecule has 0 spiro atoms. The van der Waals surface area contributed by atoms with Crippen LogP contribution in [0.1, 0.15) is 77.5 Å². The monoisotopic (exact) mass is 594 g/mol. The number of ketones is 1. The lowest BCUT2D eigenvalue weighted by Crippen LogP contribution is -2.21. The molecule has 0 amide bonds. The van der Waals surface area contributed by atoms with E-state index in [2.05, 4.69) is 54.7 Å². The first-order valence-corrected chi connectivity index (χ1v) is 14.5. The first kappa shape index (κ1) is 35.2. The molecular weight excluding hydrogens is 549 g/mol. The summed E-state index contributed by atoms with van der Waals surface area (Å²) in [5.74, 6) is 7.36. The van der Waals surface area contributed by atoms with Gasteiger partial charge in [0.15, 0.2) is 0 Å². The second kappa shape index (κ2) is 18.5. The van der Waals surface area contributed by atoms with Crippen LogP contribution in [-0.4, -0.2) is 25.5 Å². The predicted molar refractivity (Wildman–Crippen MR) is 171 cm³/mol. The molecule has 2 aromatic carbocycles. The van der Waals surface area contributed by atoms with Gasteiger partial charge in [0.25, 0.3) is 0 Å². The van der Waals surface area contributed by atoms with Gasteiger partial charge >= 0.3 is 6.18 Å². The molecule has 0 N–H and O–H groups in total. The van der Waals surface area contributed by atoms with Crippen LogP contribution in [0.5, 0.6) is 0 Å². The number of aryl methyl sites for hydroxylation is 2. The van der Waals surface area contributed by atoms with Crippen LogP contribution in [0.15, 0.2) is 72.3 Å². The third-order valence-corrected chi connectivity index (χ3v) is 7.30. The fourth-order valence-electron chi connectivity index (χ4n) is 5.14. The molecular formula is C37H45F3O3. The van der Waals surface area contributed by atoms with Gasteiger partial charge < -0.3 is 9.59 Å². The Morgan fingerprint density at radius 2 is 1.84 bits per heavy atom. The molecule has 2 atom stereocenters. The maximum atomic E-state index is 13.4. The Morgan fingerprint density at radius 1 is 1.07 bits per heavy atom. The topological polar surface area (TPSA) is 51.2 Å². The van der Waals surface area contributed by atoms with E-state index in [-0.39, 0.29) is 16.3 Å². The zero-order valence-corrected chi connectivity index (χ0v) is 24.7. The highest BCUT2D eigenvalue weighted by atomic mass is 19.4. The Bertz CT molecular complexity index is 1350. The van der Waals surface area contributed by atoms with Gasteiger partial charge in [0.2, 0.25) is 0 Å². The molecule has 6 heteroatoms. The Balaban J connectivity index is 0. The van der Waals surface area contributed by atoms with Crippen LogP contribution in [0.3, 0.4) is 0 Å². The molecule has 0 bridgehead atoms. The number of carbonyl (C=O) groups is 3. The van der Waals surface area contributed by atoms with Crippen molar-refractivity contribution in [1.29, 1.82) is 0 Å². The number of hydrogen-bond acceptors (Lipinski definition) is 3. The van der Waals surface area contributed by atoms with Crippen molar-refractivity contribution in [1.82, 2.24) is 0 Å². The first-order chi connectivity index (χ1) is 20.8. The normalized spacial score (nSPS) is 16.0. The lowest BCUT2D eigenvalue weighted by molar-refractivity contribution is -0.122. The average molecular weight is 595 g/mol. The van der Waals surface area contributed by atoms with Crippen molar-refractivity contribution < 1.29 is 31.8 Å². The van der Waals surface area contributed by atoms with Crippen molar-refractivity contribution in [2.24, 2.45) is 11.8 Å². The second-order valence-electron chi connectivity index (χ2n) is 10.5. The van der Waals surface area contributed by atoms with Crippen LogP contribution in [0.4, 0.5) is 13.2 Å². The first-order valence-electron chi connectivity index (χ1n) is 14.5. The summed E-state index contributed by atoms with van der Waals surface area (Å²) in [6, 6.07) is 13.2. The summed E-state index contributed by atoms with van der Waals surface area (Å²) in [5.41, 5.74) is 5.63. The van der Waals surface area contributed by atoms with Crippen LogP contribution in [0, 0.1) is 36.2 Å². The molecule has 0 aliphatic heterocycles. The smallest absolute Gasteiger partial charge is 0.307 e. The van der Waals surface area contributed by atoms with Crippen molar-refractivity contribution in [3.63, 3.8) is 0 Å². The zero-order chi connectivity index (χ0) is 31.7. The Kier molecular flexibility index (Phi) is 15.2. The zero-order valence-electron chi connectivity index (χ0n) is 24.7. The lowest BCUT2D eigenvalue weighted by Gasteiger charge is -2.23. The van der Waals surface area contributed by atoms with Gasteiger partial charge in [-0.3, -0.25) is 4.79 Å². The van der Waals surface area contributed by atoms with Crippen molar-refractivity contribution in [2.75, 3.05) is 0 Å². The molecule has 2 aliphatic carbocycles. The number of hydrogen-bond donors (Lipinski definition) is 0. The van der Waals surface area contributed by atoms with Crippen LogP contribution in [0.25, 0.3) is 0 Å². The van der Waals surface area contributed by atoms with Gasteiger partial charge in [-0.2, -0.15) is 13.2 Å². The Morgan fingerprint density at radius 3 is 2.49 bits per heavy atom. The molecule has 0 saturated heterocycles. The molecule has 0 fully saturated rings. The van der Waals surface area contributed by atoms with Crippen LogP contribution >= 0.6 is 0 Å². The maximum absolute atomic E-state index is 13.4. The molecule has 4 rings (SSSR count). The largest absolute Gasteiger partial charge is 0.410 e. The number of rotatable bonds is 11. The number of allylic oxidation sites excluding steroid dienone is 5. The summed E-state index contributed by atoms with van der Waals surface area (Å²) >= 11 is 0. The minimum Gasteiger partial charge on any atom is -0.307 e. The van der Waals surface area contributed by atoms with Gasteiger partial charge in [0, 0.05) is 41.1 Å². The molecule has 2 aromatic rings. The minimum absolute atomic E-state index is 0. The van der Waals surface area contributed by atoms with E-state index in [0.717, 1.165) is 60.8 Å². The van der Waals surface area contributed by atoms with Gasteiger partial charge in [-0.05, 0) is 85.3 Å². The van der Waals surface area contributed by atoms with Gasteiger partial charge in [0.1, 0.15) is 19.4 Å². The number of Topliss-reactive ketones (excluding diaryl/α,β-unsaturated/α-hetero) is 1. The highest BCUT2D eigenvalue weighted by molar-refractivity contribution is 5.84. The third kappa shape index (κ3) is 13.2. The van der Waals surface area contributed by atoms with E-state index in [0.29, 0.717) is 36.5 Å². The SMILES string of the molecule is C=O.C=O.CCC#Cc1cc(CC(=O)C(CC2=C[CH]2)CC2CC=CCC2)ccc1CCc1cccc([C]=CC(F)(F)F)c1.[HH].[HH].[HH]. The summed E-state index contributed by atoms with van der Waals surface area (Å²) in [6.45, 7) is 6.01. The summed E-state index contributed by atoms with van der Waals surface area (Å²) in [4.78, 5) is 29.4. The van der Waals surface area contributed by atoms with Crippen molar-refractivity contribution in [3.05, 3.63) is 113 Å². The lowest BCUT2D eigenvalue weighted by atomic mass is 9.81. The summed E-state index contributed by atoms with van der Waals surface area (Å²) in [5, 5.41) is 0. The van der Waals surface area contributed by atoms with Crippen LogP contribution < -0.4 is 0 Å². The molecule has 3 nitrogen and oxygen atoms in total. The summed E-state index contributed by atoms with van der Waals surface area (Å²) < 4.78 is 37.6. The molecule has 2 radical (unpaired) electrons. The van der Waals surface area contributed by atoms with Gasteiger partial charge in [-0.1, -0.05) is 79.0 Å². The summed E-state index contributed by atoms with van der Waals surface area (Å²) in [7, 11) is 0. The van der Waals surface area contributed by atoms with E-state index in [1.807, 2.05) is 32.6 Å². The fourth-order valence-corrected chi connectivity index (χ4v) is 5.14. The third-order valence-electron chi connectivity index (χ3n) is 7.30. The Labute approximate surface area is 258 Å². The van der Waals surface area contributed by atoms with E-state index in [9.17, 15) is 18.0 Å². The molecule has 0 aromatic heterocycles. The molecule has 0 saturated carbocycles. The maximum Gasteiger partial charge on any atom is 0.410 e. The molecule has 2 aliphatic rings. The highest BCUT2D eigenvalue weighted by Gasteiger charge is 2.26. The quantitative estimate of drug-likeness (QED) is 0.193. The van der Waals surface area contributed by atoms with E-state index in [1.54, 1.807) is 18.2 Å². The van der Waals surface area contributed by atoms with Crippen LogP contribution in [0.2, 0.25) is 0 Å². The number of alkyl halides is 3. The Hall–Kier alpha value is -3.98.